The Balaban J connectivity index is 3.01. The SMILES string of the molecule is CCCNC(=O)c1cccc(C(=O)N(CC(=O)O)C(C)CC)c1. The molecule has 0 aliphatic carbocycles. The monoisotopic (exact) mass is 320 g/mol. The summed E-state index contributed by atoms with van der Waals surface area (Å²) in [5, 5.41) is 11.8. The second-order valence-corrected chi connectivity index (χ2v) is 5.42. The van der Waals surface area contributed by atoms with Crippen LogP contribution in [0.25, 0.3) is 0 Å². The van der Waals surface area contributed by atoms with Crippen LogP contribution in [-0.4, -0.2) is 46.9 Å². The number of nitrogens with one attached hydrogen (secondary N) is 1. The third kappa shape index (κ3) is 5.39. The predicted octanol–water partition coefficient (Wildman–Crippen LogP) is 2.15. The third-order valence-corrected chi connectivity index (χ3v) is 3.60. The lowest BCUT2D eigenvalue weighted by atomic mass is 10.1. The van der Waals surface area contributed by atoms with Gasteiger partial charge in [0.15, 0.2) is 0 Å². The number of rotatable bonds is 8. The Bertz CT molecular complexity index is 571. The van der Waals surface area contributed by atoms with E-state index in [4.69, 9.17) is 5.11 Å². The van der Waals surface area contributed by atoms with Crippen LogP contribution >= 0.6 is 0 Å². The summed E-state index contributed by atoms with van der Waals surface area (Å²) >= 11 is 0. The zero-order chi connectivity index (χ0) is 17.4. The van der Waals surface area contributed by atoms with Crippen molar-refractivity contribution in [2.45, 2.75) is 39.7 Å². The molecule has 0 fully saturated rings. The highest BCUT2D eigenvalue weighted by Crippen LogP contribution is 2.13. The van der Waals surface area contributed by atoms with Gasteiger partial charge < -0.3 is 15.3 Å². The molecular formula is C17H24N2O4. The van der Waals surface area contributed by atoms with E-state index >= 15 is 0 Å². The molecular weight excluding hydrogens is 296 g/mol. The second-order valence-electron chi connectivity index (χ2n) is 5.42. The fraction of sp³-hybridized carbons (Fsp3) is 0.471. The zero-order valence-corrected chi connectivity index (χ0v) is 13.8. The fourth-order valence-corrected chi connectivity index (χ4v) is 2.09. The number of aliphatic carboxylic acids is 1. The number of nitrogens with zero attached hydrogens (tertiary/aromatic N) is 1. The summed E-state index contributed by atoms with van der Waals surface area (Å²) in [6.07, 6.45) is 1.47. The van der Waals surface area contributed by atoms with Crippen molar-refractivity contribution in [2.24, 2.45) is 0 Å². The number of carbonyl (C=O) groups excluding carboxylic acids is 2. The minimum Gasteiger partial charge on any atom is -0.480 e. The minimum absolute atomic E-state index is 0.198. The molecule has 0 spiro atoms. The predicted molar refractivity (Wildman–Crippen MR) is 87.5 cm³/mol. The summed E-state index contributed by atoms with van der Waals surface area (Å²) in [5.41, 5.74) is 0.708. The van der Waals surface area contributed by atoms with Crippen LogP contribution in [0.15, 0.2) is 24.3 Å². The Morgan fingerprint density at radius 1 is 1.22 bits per heavy atom. The Morgan fingerprint density at radius 3 is 2.43 bits per heavy atom. The van der Waals surface area contributed by atoms with Gasteiger partial charge in [-0.15, -0.1) is 0 Å². The number of amides is 2. The first-order valence-corrected chi connectivity index (χ1v) is 7.81. The number of hydrogen-bond acceptors (Lipinski definition) is 3. The molecule has 1 atom stereocenters. The Labute approximate surface area is 136 Å². The molecule has 6 nitrogen and oxygen atoms in total. The standard InChI is InChI=1S/C17H24N2O4/c1-4-9-18-16(22)13-7-6-8-14(10-13)17(23)19(11-15(20)21)12(3)5-2/h6-8,10,12H,4-5,9,11H2,1-3H3,(H,18,22)(H,20,21). The first kappa shape index (κ1) is 18.7. The van der Waals surface area contributed by atoms with Gasteiger partial charge in [0, 0.05) is 23.7 Å². The van der Waals surface area contributed by atoms with Gasteiger partial charge in [-0.2, -0.15) is 0 Å². The molecule has 0 bridgehead atoms. The van der Waals surface area contributed by atoms with Crippen molar-refractivity contribution < 1.29 is 19.5 Å². The number of carboxylic acid groups (broad SMARTS) is 1. The molecule has 23 heavy (non-hydrogen) atoms. The lowest BCUT2D eigenvalue weighted by Gasteiger charge is -2.27. The van der Waals surface area contributed by atoms with E-state index in [1.165, 1.54) is 11.0 Å². The van der Waals surface area contributed by atoms with Crippen LogP contribution in [0.2, 0.25) is 0 Å². The third-order valence-electron chi connectivity index (χ3n) is 3.60. The first-order valence-electron chi connectivity index (χ1n) is 7.81. The van der Waals surface area contributed by atoms with Gasteiger partial charge in [-0.3, -0.25) is 14.4 Å². The molecule has 2 N–H and O–H groups in total. The van der Waals surface area contributed by atoms with E-state index in [0.717, 1.165) is 6.42 Å². The molecule has 0 saturated carbocycles. The van der Waals surface area contributed by atoms with Gasteiger partial charge in [0.1, 0.15) is 6.54 Å². The van der Waals surface area contributed by atoms with Crippen LogP contribution in [0.1, 0.15) is 54.3 Å². The van der Waals surface area contributed by atoms with Gasteiger partial charge in [0.25, 0.3) is 11.8 Å². The van der Waals surface area contributed by atoms with Crippen molar-refractivity contribution >= 4 is 17.8 Å². The normalized spacial score (nSPS) is 11.6. The van der Waals surface area contributed by atoms with Gasteiger partial charge in [-0.25, -0.2) is 0 Å². The smallest absolute Gasteiger partial charge is 0.323 e. The second kappa shape index (κ2) is 8.92. The maximum atomic E-state index is 12.6. The van der Waals surface area contributed by atoms with Crippen molar-refractivity contribution in [1.29, 1.82) is 0 Å². The Morgan fingerprint density at radius 2 is 1.87 bits per heavy atom. The van der Waals surface area contributed by atoms with Gasteiger partial charge in [0.2, 0.25) is 0 Å². The molecule has 0 aromatic heterocycles. The molecule has 0 radical (unpaired) electrons. The molecule has 0 saturated heterocycles. The number of hydrogen-bond donors (Lipinski definition) is 2. The number of carboxylic acids is 1. The zero-order valence-electron chi connectivity index (χ0n) is 13.8. The molecule has 126 valence electrons. The fourth-order valence-electron chi connectivity index (χ4n) is 2.09. The summed E-state index contributed by atoms with van der Waals surface area (Å²) in [6, 6.07) is 6.16. The van der Waals surface area contributed by atoms with Gasteiger partial charge in [-0.1, -0.05) is 19.9 Å². The van der Waals surface area contributed by atoms with E-state index in [1.54, 1.807) is 25.1 Å². The number of benzene rings is 1. The maximum absolute atomic E-state index is 12.6. The van der Waals surface area contributed by atoms with Gasteiger partial charge in [-0.05, 0) is 38.0 Å². The molecule has 1 unspecified atom stereocenters. The van der Waals surface area contributed by atoms with Gasteiger partial charge >= 0.3 is 5.97 Å². The van der Waals surface area contributed by atoms with Crippen LogP contribution in [0.4, 0.5) is 0 Å². The van der Waals surface area contributed by atoms with Crippen molar-refractivity contribution in [3.63, 3.8) is 0 Å². The average Bonchev–Trinajstić information content (AvgIpc) is 2.56. The van der Waals surface area contributed by atoms with E-state index in [0.29, 0.717) is 24.1 Å². The summed E-state index contributed by atoms with van der Waals surface area (Å²) in [7, 11) is 0. The van der Waals surface area contributed by atoms with Crippen LogP contribution in [0, 0.1) is 0 Å². The van der Waals surface area contributed by atoms with E-state index in [9.17, 15) is 14.4 Å². The molecule has 0 aliphatic heterocycles. The Hall–Kier alpha value is -2.37. The highest BCUT2D eigenvalue weighted by molar-refractivity contribution is 6.00. The maximum Gasteiger partial charge on any atom is 0.323 e. The minimum atomic E-state index is -1.06. The largest absolute Gasteiger partial charge is 0.480 e. The van der Waals surface area contributed by atoms with Crippen LogP contribution in [0.3, 0.4) is 0 Å². The lowest BCUT2D eigenvalue weighted by Crippen LogP contribution is -2.41. The Kier molecular flexibility index (Phi) is 7.25. The molecule has 1 aromatic carbocycles. The first-order chi connectivity index (χ1) is 10.9. The van der Waals surface area contributed by atoms with Crippen LogP contribution in [0.5, 0.6) is 0 Å². The quantitative estimate of drug-likeness (QED) is 0.768. The summed E-state index contributed by atoms with van der Waals surface area (Å²) in [6.45, 7) is 5.85. The van der Waals surface area contributed by atoms with E-state index in [-0.39, 0.29) is 24.4 Å². The average molecular weight is 320 g/mol. The lowest BCUT2D eigenvalue weighted by molar-refractivity contribution is -0.138. The van der Waals surface area contributed by atoms with E-state index in [2.05, 4.69) is 5.32 Å². The molecule has 0 heterocycles. The van der Waals surface area contributed by atoms with Crippen LogP contribution < -0.4 is 5.32 Å². The summed E-state index contributed by atoms with van der Waals surface area (Å²) < 4.78 is 0. The highest BCUT2D eigenvalue weighted by Gasteiger charge is 2.23. The van der Waals surface area contributed by atoms with E-state index in [1.807, 2.05) is 13.8 Å². The molecule has 1 rings (SSSR count). The molecule has 0 aliphatic rings. The molecule has 1 aromatic rings. The highest BCUT2D eigenvalue weighted by atomic mass is 16.4. The van der Waals surface area contributed by atoms with Gasteiger partial charge in [0.05, 0.1) is 0 Å². The van der Waals surface area contributed by atoms with Crippen molar-refractivity contribution in [3.05, 3.63) is 35.4 Å². The van der Waals surface area contributed by atoms with E-state index < -0.39 is 5.97 Å². The van der Waals surface area contributed by atoms with Crippen LogP contribution in [-0.2, 0) is 4.79 Å². The molecule has 6 heteroatoms. The topological polar surface area (TPSA) is 86.7 Å². The molecule has 2 amide bonds. The van der Waals surface area contributed by atoms with Crippen molar-refractivity contribution in [2.75, 3.05) is 13.1 Å². The number of carbonyl (C=O) groups is 3. The summed E-state index contributed by atoms with van der Waals surface area (Å²) in [5.74, 6) is -1.68. The van der Waals surface area contributed by atoms with Crippen molar-refractivity contribution in [1.82, 2.24) is 10.2 Å². The summed E-state index contributed by atoms with van der Waals surface area (Å²) in [4.78, 5) is 36.9. The van der Waals surface area contributed by atoms with Crippen molar-refractivity contribution in [3.8, 4) is 0 Å².